The van der Waals surface area contributed by atoms with Gasteiger partial charge in [0.05, 0.1) is 12.5 Å². The van der Waals surface area contributed by atoms with Crippen molar-refractivity contribution in [3.05, 3.63) is 24.3 Å². The lowest BCUT2D eigenvalue weighted by Gasteiger charge is -2.24. The second-order valence-electron chi connectivity index (χ2n) is 4.33. The number of carbonyl (C=O) groups excluding carboxylic acids is 1. The number of carboxylic acid groups (broad SMARTS) is 1. The number of ether oxygens (including phenoxy) is 1. The van der Waals surface area contributed by atoms with Crippen LogP contribution in [0.5, 0.6) is 5.75 Å². The van der Waals surface area contributed by atoms with Crippen molar-refractivity contribution in [2.75, 3.05) is 25.1 Å². The summed E-state index contributed by atoms with van der Waals surface area (Å²) in [7, 11) is 1.51. The molecule has 0 radical (unpaired) electrons. The lowest BCUT2D eigenvalue weighted by Crippen LogP contribution is -2.42. The van der Waals surface area contributed by atoms with Crippen molar-refractivity contribution in [2.45, 2.75) is 13.8 Å². The maximum absolute atomic E-state index is 11.9. The van der Waals surface area contributed by atoms with E-state index in [0.29, 0.717) is 18.0 Å². The third-order valence-corrected chi connectivity index (χ3v) is 2.80. The van der Waals surface area contributed by atoms with E-state index in [1.165, 1.54) is 11.9 Å². The fourth-order valence-electron chi connectivity index (χ4n) is 1.68. The Morgan fingerprint density at radius 1 is 1.35 bits per heavy atom. The third kappa shape index (κ3) is 4.15. The third-order valence-electron chi connectivity index (χ3n) is 2.80. The number of hydrogen-bond donors (Lipinski definition) is 2. The Kier molecular flexibility index (Phi) is 5.83. The van der Waals surface area contributed by atoms with Gasteiger partial charge in [0.1, 0.15) is 5.75 Å². The summed E-state index contributed by atoms with van der Waals surface area (Å²) in [5.41, 5.74) is 0.626. The van der Waals surface area contributed by atoms with Gasteiger partial charge in [-0.1, -0.05) is 6.92 Å². The molecule has 20 heavy (non-hydrogen) atoms. The first-order valence-electron chi connectivity index (χ1n) is 6.44. The van der Waals surface area contributed by atoms with E-state index in [-0.39, 0.29) is 12.6 Å². The maximum atomic E-state index is 11.9. The van der Waals surface area contributed by atoms with Gasteiger partial charge in [-0.2, -0.15) is 0 Å². The standard InChI is InChI=1S/C14H20N2O4/c1-4-20-12-7-5-11(6-8-12)16(14(19)15-3)9-10(2)13(17)18/h5-8,10H,4,9H2,1-3H3,(H,15,19)(H,17,18). The summed E-state index contributed by atoms with van der Waals surface area (Å²) in [6.07, 6.45) is 0. The van der Waals surface area contributed by atoms with Crippen molar-refractivity contribution < 1.29 is 19.4 Å². The van der Waals surface area contributed by atoms with Crippen LogP contribution in [0.3, 0.4) is 0 Å². The van der Waals surface area contributed by atoms with Gasteiger partial charge in [-0.3, -0.25) is 9.69 Å². The average Bonchev–Trinajstić information content (AvgIpc) is 2.45. The summed E-state index contributed by atoms with van der Waals surface area (Å²) in [6.45, 7) is 4.11. The SMILES string of the molecule is CCOc1ccc(N(CC(C)C(=O)O)C(=O)NC)cc1. The van der Waals surface area contributed by atoms with E-state index in [4.69, 9.17) is 9.84 Å². The molecule has 6 nitrogen and oxygen atoms in total. The van der Waals surface area contributed by atoms with Crippen LogP contribution in [-0.4, -0.2) is 37.3 Å². The summed E-state index contributed by atoms with van der Waals surface area (Å²) in [6, 6.07) is 6.62. The van der Waals surface area contributed by atoms with Gasteiger partial charge in [0.2, 0.25) is 0 Å². The number of urea groups is 1. The van der Waals surface area contributed by atoms with Gasteiger partial charge in [-0.15, -0.1) is 0 Å². The lowest BCUT2D eigenvalue weighted by atomic mass is 10.1. The van der Waals surface area contributed by atoms with Crippen molar-refractivity contribution in [3.8, 4) is 5.75 Å². The first kappa shape index (κ1) is 15.8. The van der Waals surface area contributed by atoms with Crippen molar-refractivity contribution in [2.24, 2.45) is 5.92 Å². The maximum Gasteiger partial charge on any atom is 0.321 e. The minimum atomic E-state index is -0.940. The zero-order valence-corrected chi connectivity index (χ0v) is 11.9. The van der Waals surface area contributed by atoms with Gasteiger partial charge in [-0.05, 0) is 31.2 Å². The molecule has 110 valence electrons. The topological polar surface area (TPSA) is 78.9 Å². The molecule has 0 spiro atoms. The molecule has 0 aliphatic carbocycles. The molecule has 0 aliphatic rings. The van der Waals surface area contributed by atoms with Gasteiger partial charge in [0.15, 0.2) is 0 Å². The van der Waals surface area contributed by atoms with E-state index in [1.807, 2.05) is 6.92 Å². The molecule has 1 atom stereocenters. The Balaban J connectivity index is 2.92. The Morgan fingerprint density at radius 2 is 1.95 bits per heavy atom. The molecule has 1 unspecified atom stereocenters. The molecule has 0 fully saturated rings. The van der Waals surface area contributed by atoms with Crippen molar-refractivity contribution in [1.29, 1.82) is 0 Å². The van der Waals surface area contributed by atoms with Crippen LogP contribution in [0.4, 0.5) is 10.5 Å². The van der Waals surface area contributed by atoms with E-state index < -0.39 is 11.9 Å². The molecule has 0 heterocycles. The highest BCUT2D eigenvalue weighted by molar-refractivity contribution is 5.92. The Bertz CT molecular complexity index is 459. The summed E-state index contributed by atoms with van der Waals surface area (Å²) < 4.78 is 5.33. The van der Waals surface area contributed by atoms with Crippen LogP contribution in [0.2, 0.25) is 0 Å². The van der Waals surface area contributed by atoms with Crippen LogP contribution in [0.15, 0.2) is 24.3 Å². The van der Waals surface area contributed by atoms with E-state index in [9.17, 15) is 9.59 Å². The number of nitrogens with one attached hydrogen (secondary N) is 1. The number of anilines is 1. The first-order chi connectivity index (χ1) is 9.49. The van der Waals surface area contributed by atoms with Crippen LogP contribution in [-0.2, 0) is 4.79 Å². The van der Waals surface area contributed by atoms with Crippen molar-refractivity contribution in [1.82, 2.24) is 5.32 Å². The summed E-state index contributed by atoms with van der Waals surface area (Å²) >= 11 is 0. The molecule has 1 aromatic carbocycles. The Morgan fingerprint density at radius 3 is 2.40 bits per heavy atom. The van der Waals surface area contributed by atoms with Crippen molar-refractivity contribution >= 4 is 17.7 Å². The van der Waals surface area contributed by atoms with Crippen LogP contribution >= 0.6 is 0 Å². The first-order valence-corrected chi connectivity index (χ1v) is 6.44. The minimum Gasteiger partial charge on any atom is -0.494 e. The highest BCUT2D eigenvalue weighted by Gasteiger charge is 2.21. The molecule has 0 saturated heterocycles. The fourth-order valence-corrected chi connectivity index (χ4v) is 1.68. The Hall–Kier alpha value is -2.24. The summed E-state index contributed by atoms with van der Waals surface area (Å²) in [5, 5.41) is 11.5. The molecule has 0 aromatic heterocycles. The lowest BCUT2D eigenvalue weighted by molar-refractivity contribution is -0.140. The molecule has 2 N–H and O–H groups in total. The number of amides is 2. The number of nitrogens with zero attached hydrogens (tertiary/aromatic N) is 1. The van der Waals surface area contributed by atoms with E-state index in [2.05, 4.69) is 5.32 Å². The highest BCUT2D eigenvalue weighted by atomic mass is 16.5. The van der Waals surface area contributed by atoms with Crippen LogP contribution in [0.1, 0.15) is 13.8 Å². The molecule has 1 aromatic rings. The smallest absolute Gasteiger partial charge is 0.321 e. The Labute approximate surface area is 118 Å². The minimum absolute atomic E-state index is 0.100. The number of benzene rings is 1. The quantitative estimate of drug-likeness (QED) is 0.834. The number of carboxylic acids is 1. The van der Waals surface area contributed by atoms with Crippen molar-refractivity contribution in [3.63, 3.8) is 0 Å². The average molecular weight is 280 g/mol. The van der Waals surface area contributed by atoms with Gasteiger partial charge in [-0.25, -0.2) is 4.79 Å². The number of aliphatic carboxylic acids is 1. The fraction of sp³-hybridized carbons (Fsp3) is 0.429. The van der Waals surface area contributed by atoms with Gasteiger partial charge in [0.25, 0.3) is 0 Å². The monoisotopic (exact) mass is 280 g/mol. The highest BCUT2D eigenvalue weighted by Crippen LogP contribution is 2.20. The van der Waals surface area contributed by atoms with Gasteiger partial charge in [0, 0.05) is 19.3 Å². The molecule has 0 saturated carbocycles. The number of carbonyl (C=O) groups is 2. The number of hydrogen-bond acceptors (Lipinski definition) is 3. The van der Waals surface area contributed by atoms with Gasteiger partial charge < -0.3 is 15.2 Å². The summed E-state index contributed by atoms with van der Waals surface area (Å²) in [4.78, 5) is 24.2. The van der Waals surface area contributed by atoms with Gasteiger partial charge >= 0.3 is 12.0 Å². The predicted octanol–water partition coefficient (Wildman–Crippen LogP) is 1.95. The second-order valence-corrected chi connectivity index (χ2v) is 4.33. The zero-order valence-electron chi connectivity index (χ0n) is 11.9. The van der Waals surface area contributed by atoms with E-state index in [0.717, 1.165) is 0 Å². The molecule has 0 bridgehead atoms. The zero-order chi connectivity index (χ0) is 15.1. The normalized spacial score (nSPS) is 11.6. The molecule has 1 rings (SSSR count). The van der Waals surface area contributed by atoms with Crippen LogP contribution in [0.25, 0.3) is 0 Å². The van der Waals surface area contributed by atoms with Crippen LogP contribution in [0, 0.1) is 5.92 Å². The molecular formula is C14H20N2O4. The molecule has 2 amide bonds. The van der Waals surface area contributed by atoms with E-state index >= 15 is 0 Å². The largest absolute Gasteiger partial charge is 0.494 e. The number of rotatable bonds is 6. The summed E-state index contributed by atoms with van der Waals surface area (Å²) in [5.74, 6) is -0.886. The molecule has 0 aliphatic heterocycles. The predicted molar refractivity (Wildman–Crippen MR) is 76.2 cm³/mol. The second kappa shape index (κ2) is 7.37. The van der Waals surface area contributed by atoms with Crippen LogP contribution < -0.4 is 15.0 Å². The molecule has 6 heteroatoms. The molecular weight excluding hydrogens is 260 g/mol. The van der Waals surface area contributed by atoms with E-state index in [1.54, 1.807) is 31.2 Å².